The molecule has 0 unspecified atom stereocenters. The highest BCUT2D eigenvalue weighted by atomic mass is 79.9. The molecule has 6 heteroatoms. The van der Waals surface area contributed by atoms with Crippen molar-refractivity contribution in [2.75, 3.05) is 6.54 Å². The summed E-state index contributed by atoms with van der Waals surface area (Å²) in [7, 11) is 1.71. The summed E-state index contributed by atoms with van der Waals surface area (Å²) < 4.78 is 2.13. The van der Waals surface area contributed by atoms with Gasteiger partial charge in [0.2, 0.25) is 0 Å². The molecule has 0 aliphatic carbocycles. The van der Waals surface area contributed by atoms with E-state index < -0.39 is 0 Å². The first-order valence-electron chi connectivity index (χ1n) is 3.49. The van der Waals surface area contributed by atoms with E-state index in [1.54, 1.807) is 7.05 Å². The minimum atomic E-state index is -0.304. The van der Waals surface area contributed by atoms with Crippen LogP contribution in [0, 0.1) is 11.3 Å². The van der Waals surface area contributed by atoms with Crippen molar-refractivity contribution in [2.45, 2.75) is 0 Å². The van der Waals surface area contributed by atoms with Crippen LogP contribution in [0.3, 0.4) is 0 Å². The maximum atomic E-state index is 11.3. The first-order valence-corrected chi connectivity index (χ1v) is 4.28. The number of rotatable bonds is 2. The van der Waals surface area contributed by atoms with Crippen LogP contribution in [0.15, 0.2) is 10.8 Å². The minimum absolute atomic E-state index is 0.000166. The Balaban J connectivity index is 2.78. The van der Waals surface area contributed by atoms with Crippen LogP contribution < -0.4 is 5.32 Å². The van der Waals surface area contributed by atoms with Crippen molar-refractivity contribution in [3.8, 4) is 6.07 Å². The normalized spacial score (nSPS) is 9.31. The second-order valence-corrected chi connectivity index (χ2v) is 3.06. The third kappa shape index (κ3) is 2.06. The number of aryl methyl sites for hydroxylation is 1. The Hall–Kier alpha value is -1.35. The van der Waals surface area contributed by atoms with Gasteiger partial charge in [-0.05, 0) is 15.9 Å². The smallest absolute Gasteiger partial charge is 0.256 e. The molecular weight excluding hydrogens is 236 g/mol. The van der Waals surface area contributed by atoms with E-state index in [4.69, 9.17) is 5.26 Å². The molecule has 0 saturated carbocycles. The lowest BCUT2D eigenvalue weighted by Gasteiger charge is -1.97. The summed E-state index contributed by atoms with van der Waals surface area (Å²) in [5, 5.41) is 14.5. The second-order valence-electron chi connectivity index (χ2n) is 2.31. The van der Waals surface area contributed by atoms with Gasteiger partial charge in [0.25, 0.3) is 5.91 Å². The van der Waals surface area contributed by atoms with Gasteiger partial charge in [-0.1, -0.05) is 0 Å². The number of nitrogens with zero attached hydrogens (tertiary/aromatic N) is 3. The topological polar surface area (TPSA) is 70.7 Å². The third-order valence-corrected chi connectivity index (χ3v) is 2.38. The minimum Gasteiger partial charge on any atom is -0.339 e. The van der Waals surface area contributed by atoms with Crippen LogP contribution >= 0.6 is 15.9 Å². The molecule has 1 aromatic rings. The van der Waals surface area contributed by atoms with Crippen molar-refractivity contribution >= 4 is 21.8 Å². The SMILES string of the molecule is Cn1ncc(C(=O)NCC#N)c1Br. The standard InChI is InChI=1S/C7H7BrN4O/c1-12-6(8)5(4-11-12)7(13)10-3-2-9/h4H,3H2,1H3,(H,10,13). The zero-order valence-corrected chi connectivity index (χ0v) is 8.50. The zero-order valence-electron chi connectivity index (χ0n) is 6.91. The summed E-state index contributed by atoms with van der Waals surface area (Å²) in [6.45, 7) is 0.000166. The fraction of sp³-hybridized carbons (Fsp3) is 0.286. The average molecular weight is 243 g/mol. The number of nitriles is 1. The molecule has 5 nitrogen and oxygen atoms in total. The molecular formula is C7H7BrN4O. The van der Waals surface area contributed by atoms with Gasteiger partial charge < -0.3 is 5.32 Å². The number of carbonyl (C=O) groups is 1. The van der Waals surface area contributed by atoms with E-state index in [2.05, 4.69) is 26.3 Å². The van der Waals surface area contributed by atoms with Gasteiger partial charge in [-0.2, -0.15) is 10.4 Å². The third-order valence-electron chi connectivity index (χ3n) is 1.44. The van der Waals surface area contributed by atoms with E-state index >= 15 is 0 Å². The van der Waals surface area contributed by atoms with Crippen LogP contribution in [0.25, 0.3) is 0 Å². The Morgan fingerprint density at radius 3 is 3.08 bits per heavy atom. The van der Waals surface area contributed by atoms with Gasteiger partial charge in [0.05, 0.1) is 17.8 Å². The molecule has 0 atom stereocenters. The lowest BCUT2D eigenvalue weighted by Crippen LogP contribution is -2.23. The molecule has 13 heavy (non-hydrogen) atoms. The van der Waals surface area contributed by atoms with E-state index in [0.717, 1.165) is 0 Å². The first kappa shape index (κ1) is 9.74. The fourth-order valence-electron chi connectivity index (χ4n) is 0.790. The highest BCUT2D eigenvalue weighted by Crippen LogP contribution is 2.14. The van der Waals surface area contributed by atoms with E-state index in [1.807, 2.05) is 6.07 Å². The zero-order chi connectivity index (χ0) is 9.84. The fourth-order valence-corrected chi connectivity index (χ4v) is 1.16. The van der Waals surface area contributed by atoms with E-state index in [9.17, 15) is 4.79 Å². The van der Waals surface area contributed by atoms with Gasteiger partial charge in [-0.25, -0.2) is 0 Å². The number of hydrogen-bond donors (Lipinski definition) is 1. The monoisotopic (exact) mass is 242 g/mol. The van der Waals surface area contributed by atoms with Crippen molar-refractivity contribution in [3.05, 3.63) is 16.4 Å². The highest BCUT2D eigenvalue weighted by Gasteiger charge is 2.12. The number of nitrogens with one attached hydrogen (secondary N) is 1. The van der Waals surface area contributed by atoms with Gasteiger partial charge in [0, 0.05) is 7.05 Å². The summed E-state index contributed by atoms with van der Waals surface area (Å²) in [6.07, 6.45) is 1.44. The lowest BCUT2D eigenvalue weighted by atomic mass is 10.3. The summed E-state index contributed by atoms with van der Waals surface area (Å²) in [4.78, 5) is 11.3. The van der Waals surface area contributed by atoms with Gasteiger partial charge in [0.1, 0.15) is 11.1 Å². The maximum absolute atomic E-state index is 11.3. The molecule has 0 radical (unpaired) electrons. The van der Waals surface area contributed by atoms with Crippen LogP contribution in [0.4, 0.5) is 0 Å². The van der Waals surface area contributed by atoms with Crippen molar-refractivity contribution in [3.63, 3.8) is 0 Å². The molecule has 0 fully saturated rings. The van der Waals surface area contributed by atoms with Crippen molar-refractivity contribution in [1.29, 1.82) is 5.26 Å². The molecule has 1 amide bonds. The van der Waals surface area contributed by atoms with Crippen LogP contribution in [0.5, 0.6) is 0 Å². The summed E-state index contributed by atoms with van der Waals surface area (Å²) in [6, 6.07) is 1.82. The Morgan fingerprint density at radius 1 is 1.92 bits per heavy atom. The van der Waals surface area contributed by atoms with Crippen molar-refractivity contribution in [1.82, 2.24) is 15.1 Å². The Bertz CT molecular complexity index is 365. The molecule has 0 bridgehead atoms. The van der Waals surface area contributed by atoms with Crippen LogP contribution in [0.2, 0.25) is 0 Å². The maximum Gasteiger partial charge on any atom is 0.256 e. The Kier molecular flexibility index (Phi) is 3.03. The largest absolute Gasteiger partial charge is 0.339 e. The van der Waals surface area contributed by atoms with Crippen LogP contribution in [-0.2, 0) is 7.05 Å². The predicted octanol–water partition coefficient (Wildman–Crippen LogP) is 0.436. The van der Waals surface area contributed by atoms with E-state index in [-0.39, 0.29) is 12.5 Å². The predicted molar refractivity (Wildman–Crippen MR) is 48.9 cm³/mol. The Labute approximate surface area is 83.5 Å². The lowest BCUT2D eigenvalue weighted by molar-refractivity contribution is 0.0957. The van der Waals surface area contributed by atoms with Gasteiger partial charge in [0.15, 0.2) is 0 Å². The number of hydrogen-bond acceptors (Lipinski definition) is 3. The van der Waals surface area contributed by atoms with Crippen LogP contribution in [-0.4, -0.2) is 22.2 Å². The molecule has 1 N–H and O–H groups in total. The van der Waals surface area contributed by atoms with Crippen molar-refractivity contribution < 1.29 is 4.79 Å². The molecule has 1 rings (SSSR count). The molecule has 1 heterocycles. The van der Waals surface area contributed by atoms with Crippen LogP contribution in [0.1, 0.15) is 10.4 Å². The Morgan fingerprint density at radius 2 is 2.62 bits per heavy atom. The number of aromatic nitrogens is 2. The average Bonchev–Trinajstić information content (AvgIpc) is 2.44. The van der Waals surface area contributed by atoms with Gasteiger partial charge in [-0.15, -0.1) is 0 Å². The van der Waals surface area contributed by atoms with Gasteiger partial charge in [-0.3, -0.25) is 9.48 Å². The van der Waals surface area contributed by atoms with Gasteiger partial charge >= 0.3 is 0 Å². The molecule has 1 aromatic heterocycles. The summed E-state index contributed by atoms with van der Waals surface area (Å²) in [5.74, 6) is -0.304. The summed E-state index contributed by atoms with van der Waals surface area (Å²) >= 11 is 3.20. The van der Waals surface area contributed by atoms with E-state index in [1.165, 1.54) is 10.9 Å². The second kappa shape index (κ2) is 4.05. The molecule has 0 aromatic carbocycles. The highest BCUT2D eigenvalue weighted by molar-refractivity contribution is 9.10. The van der Waals surface area contributed by atoms with Crippen molar-refractivity contribution in [2.24, 2.45) is 7.05 Å². The van der Waals surface area contributed by atoms with E-state index in [0.29, 0.717) is 10.2 Å². The molecule has 68 valence electrons. The molecule has 0 spiro atoms. The first-order chi connectivity index (χ1) is 6.16. The number of carbonyl (C=O) groups excluding carboxylic acids is 1. The molecule has 0 aliphatic rings. The summed E-state index contributed by atoms with van der Waals surface area (Å²) in [5.41, 5.74) is 0.428. The number of amides is 1. The quantitative estimate of drug-likeness (QED) is 0.766. The molecule has 0 saturated heterocycles. The molecule has 0 aliphatic heterocycles. The number of halogens is 1.